The summed E-state index contributed by atoms with van der Waals surface area (Å²) in [6, 6.07) is 17.8. The molecular weight excluding hydrogens is 366 g/mol. The predicted octanol–water partition coefficient (Wildman–Crippen LogP) is 3.26. The van der Waals surface area contributed by atoms with E-state index < -0.39 is 0 Å². The molecule has 0 unspecified atom stereocenters. The zero-order valence-electron chi connectivity index (χ0n) is 17.8. The van der Waals surface area contributed by atoms with Crippen molar-refractivity contribution in [3.05, 3.63) is 59.7 Å². The largest absolute Gasteiger partial charge is 0.378 e. The van der Waals surface area contributed by atoms with Crippen LogP contribution >= 0.6 is 0 Å². The normalized spacial score (nSPS) is 27.4. The maximum Gasteiger partial charge on any atom is 0.143 e. The topological polar surface area (TPSA) is 36.9 Å². The molecule has 0 N–H and O–H groups in total. The molecule has 5 heteroatoms. The Balaban J connectivity index is 1.93. The van der Waals surface area contributed by atoms with Crippen molar-refractivity contribution in [3.8, 4) is 11.1 Å². The third kappa shape index (κ3) is 3.31. The Kier molecular flexibility index (Phi) is 6.04. The summed E-state index contributed by atoms with van der Waals surface area (Å²) in [5.74, 6) is 0. The molecule has 4 atom stereocenters. The van der Waals surface area contributed by atoms with E-state index in [1.54, 1.807) is 28.4 Å². The Morgan fingerprint density at radius 1 is 0.690 bits per heavy atom. The van der Waals surface area contributed by atoms with Crippen LogP contribution in [0.1, 0.15) is 11.1 Å². The standard InChI is InChI=1S/C24H32NO4/c1-26-15-21-23(28-3)24(29-4)22(16-27-2)25(21)13-17-9-5-7-11-19(17)20-12-8-6-10-18(20)14-25/h5-12,21-24H,13-16H2,1-4H3/q+1/t21-,22-,23+,24+/m0/s1. The molecule has 0 bridgehead atoms. The van der Waals surface area contributed by atoms with E-state index in [9.17, 15) is 0 Å². The number of nitrogens with zero attached hydrogens (tertiary/aromatic N) is 1. The first-order valence-electron chi connectivity index (χ1n) is 10.3. The van der Waals surface area contributed by atoms with Gasteiger partial charge in [0, 0.05) is 39.6 Å². The maximum absolute atomic E-state index is 6.02. The van der Waals surface area contributed by atoms with Crippen molar-refractivity contribution in [1.29, 1.82) is 0 Å². The molecule has 2 aliphatic heterocycles. The van der Waals surface area contributed by atoms with E-state index in [1.165, 1.54) is 22.3 Å². The van der Waals surface area contributed by atoms with Crippen LogP contribution in [0.25, 0.3) is 11.1 Å². The van der Waals surface area contributed by atoms with Crippen LogP contribution in [-0.2, 0) is 32.0 Å². The van der Waals surface area contributed by atoms with E-state index in [1.807, 2.05) is 0 Å². The summed E-state index contributed by atoms with van der Waals surface area (Å²) < 4.78 is 24.3. The fraction of sp³-hybridized carbons (Fsp3) is 0.500. The minimum absolute atomic E-state index is 0.0578. The van der Waals surface area contributed by atoms with Gasteiger partial charge in [-0.05, 0) is 11.1 Å². The summed E-state index contributed by atoms with van der Waals surface area (Å²) in [6.45, 7) is 3.02. The van der Waals surface area contributed by atoms with Crippen LogP contribution in [0.4, 0.5) is 0 Å². The van der Waals surface area contributed by atoms with Gasteiger partial charge in [0.1, 0.15) is 50.6 Å². The van der Waals surface area contributed by atoms with E-state index >= 15 is 0 Å². The molecule has 1 spiro atoms. The van der Waals surface area contributed by atoms with Crippen LogP contribution in [0, 0.1) is 0 Å². The van der Waals surface area contributed by atoms with E-state index in [4.69, 9.17) is 18.9 Å². The highest BCUT2D eigenvalue weighted by Crippen LogP contribution is 2.45. The maximum atomic E-state index is 6.02. The summed E-state index contributed by atoms with van der Waals surface area (Å²) in [5.41, 5.74) is 5.35. The lowest BCUT2D eigenvalue weighted by molar-refractivity contribution is -0.988. The minimum Gasteiger partial charge on any atom is -0.378 e. The number of ether oxygens (including phenoxy) is 4. The molecule has 0 saturated carbocycles. The highest BCUT2D eigenvalue weighted by molar-refractivity contribution is 5.71. The highest BCUT2D eigenvalue weighted by Gasteiger charge is 2.62. The van der Waals surface area contributed by atoms with Crippen molar-refractivity contribution in [2.24, 2.45) is 0 Å². The van der Waals surface area contributed by atoms with Crippen LogP contribution in [0.3, 0.4) is 0 Å². The molecule has 0 aromatic heterocycles. The third-order valence-corrected chi connectivity index (χ3v) is 6.88. The predicted molar refractivity (Wildman–Crippen MR) is 112 cm³/mol. The summed E-state index contributed by atoms with van der Waals surface area (Å²) in [4.78, 5) is 0. The number of hydrogen-bond donors (Lipinski definition) is 0. The molecule has 2 aromatic carbocycles. The SMILES string of the molecule is COC[C@H]1[C@@H](OC)[C@H](OC)[C@H](COC)[N+]12Cc1ccccc1-c1ccccc1C2. The van der Waals surface area contributed by atoms with E-state index in [0.717, 1.165) is 17.6 Å². The average Bonchev–Trinajstić information content (AvgIpc) is 2.88. The molecule has 4 rings (SSSR count). The van der Waals surface area contributed by atoms with E-state index in [-0.39, 0.29) is 24.3 Å². The molecular formula is C24H32NO4+. The first-order chi connectivity index (χ1) is 14.2. The molecule has 2 heterocycles. The van der Waals surface area contributed by atoms with Crippen LogP contribution < -0.4 is 0 Å². The highest BCUT2D eigenvalue weighted by atomic mass is 16.5. The van der Waals surface area contributed by atoms with Crippen molar-refractivity contribution in [3.63, 3.8) is 0 Å². The Labute approximate surface area is 173 Å². The van der Waals surface area contributed by atoms with Gasteiger partial charge in [-0.25, -0.2) is 0 Å². The smallest absolute Gasteiger partial charge is 0.143 e. The van der Waals surface area contributed by atoms with Crippen LogP contribution in [0.15, 0.2) is 48.5 Å². The van der Waals surface area contributed by atoms with Crippen molar-refractivity contribution in [2.75, 3.05) is 41.7 Å². The number of hydrogen-bond acceptors (Lipinski definition) is 4. The van der Waals surface area contributed by atoms with Gasteiger partial charge in [-0.3, -0.25) is 0 Å². The van der Waals surface area contributed by atoms with Crippen molar-refractivity contribution in [1.82, 2.24) is 0 Å². The summed E-state index contributed by atoms with van der Waals surface area (Å²) in [7, 11) is 7.11. The first-order valence-corrected chi connectivity index (χ1v) is 10.3. The summed E-state index contributed by atoms with van der Waals surface area (Å²) in [6.07, 6.45) is -0.116. The fourth-order valence-electron chi connectivity index (χ4n) is 5.68. The second-order valence-electron chi connectivity index (χ2n) is 8.18. The number of methoxy groups -OCH3 is 4. The minimum atomic E-state index is -0.0578. The van der Waals surface area contributed by atoms with Crippen LogP contribution in [0.5, 0.6) is 0 Å². The Morgan fingerprint density at radius 2 is 1.10 bits per heavy atom. The van der Waals surface area contributed by atoms with Crippen molar-refractivity contribution in [2.45, 2.75) is 37.4 Å². The van der Waals surface area contributed by atoms with Gasteiger partial charge in [-0.15, -0.1) is 0 Å². The molecule has 2 aliphatic rings. The van der Waals surface area contributed by atoms with E-state index in [0.29, 0.717) is 13.2 Å². The van der Waals surface area contributed by atoms with Gasteiger partial charge in [-0.1, -0.05) is 48.5 Å². The van der Waals surface area contributed by atoms with Gasteiger partial charge in [0.05, 0.1) is 0 Å². The van der Waals surface area contributed by atoms with Crippen molar-refractivity contribution < 1.29 is 23.4 Å². The van der Waals surface area contributed by atoms with Crippen LogP contribution in [-0.4, -0.2) is 70.4 Å². The number of rotatable bonds is 6. The monoisotopic (exact) mass is 398 g/mol. The quantitative estimate of drug-likeness (QED) is 0.700. The first kappa shape index (κ1) is 20.5. The number of benzene rings is 2. The zero-order valence-corrected chi connectivity index (χ0v) is 17.8. The van der Waals surface area contributed by atoms with Gasteiger partial charge in [-0.2, -0.15) is 0 Å². The Bertz CT molecular complexity index is 770. The van der Waals surface area contributed by atoms with E-state index in [2.05, 4.69) is 48.5 Å². The molecule has 2 aromatic rings. The lowest BCUT2D eigenvalue weighted by atomic mass is 9.97. The second kappa shape index (κ2) is 8.54. The van der Waals surface area contributed by atoms with Gasteiger partial charge in [0.15, 0.2) is 0 Å². The van der Waals surface area contributed by atoms with Gasteiger partial charge in [0.2, 0.25) is 0 Å². The molecule has 0 radical (unpaired) electrons. The number of quaternary nitrogens is 1. The molecule has 1 fully saturated rings. The molecule has 156 valence electrons. The fourth-order valence-corrected chi connectivity index (χ4v) is 5.68. The van der Waals surface area contributed by atoms with Crippen LogP contribution in [0.2, 0.25) is 0 Å². The summed E-state index contributed by atoms with van der Waals surface area (Å²) in [5, 5.41) is 0. The van der Waals surface area contributed by atoms with Gasteiger partial charge >= 0.3 is 0 Å². The van der Waals surface area contributed by atoms with Gasteiger partial charge < -0.3 is 23.4 Å². The molecule has 0 amide bonds. The molecule has 29 heavy (non-hydrogen) atoms. The zero-order chi connectivity index (χ0) is 20.4. The lowest BCUT2D eigenvalue weighted by Gasteiger charge is -2.44. The third-order valence-electron chi connectivity index (χ3n) is 6.88. The average molecular weight is 399 g/mol. The Morgan fingerprint density at radius 3 is 1.48 bits per heavy atom. The van der Waals surface area contributed by atoms with Crippen molar-refractivity contribution >= 4 is 0 Å². The molecule has 5 nitrogen and oxygen atoms in total. The molecule has 0 aliphatic carbocycles. The molecule has 1 saturated heterocycles. The lowest BCUT2D eigenvalue weighted by Crippen LogP contribution is -2.60. The number of fused-ring (bicyclic) bond motifs is 3. The van der Waals surface area contributed by atoms with Gasteiger partial charge in [0.25, 0.3) is 0 Å². The Hall–Kier alpha value is -1.76. The summed E-state index contributed by atoms with van der Waals surface area (Å²) >= 11 is 0. The second-order valence-corrected chi connectivity index (χ2v) is 8.18.